The largest absolute Gasteiger partial charge is 0.494 e. The van der Waals surface area contributed by atoms with E-state index in [1.54, 1.807) is 18.2 Å². The highest BCUT2D eigenvalue weighted by Gasteiger charge is 2.51. The third-order valence-electron chi connectivity index (χ3n) is 5.98. The summed E-state index contributed by atoms with van der Waals surface area (Å²) < 4.78 is 38.4. The lowest BCUT2D eigenvalue weighted by Gasteiger charge is -2.36. The first-order chi connectivity index (χ1) is 12.4. The summed E-state index contributed by atoms with van der Waals surface area (Å²) in [5.74, 6) is 0. The summed E-state index contributed by atoms with van der Waals surface area (Å²) in [6.45, 7) is 14.1. The molecule has 0 saturated carbocycles. The zero-order valence-corrected chi connectivity index (χ0v) is 18.0. The quantitative estimate of drug-likeness (QED) is 0.730. The average molecular weight is 394 g/mol. The van der Waals surface area contributed by atoms with E-state index in [1.807, 2.05) is 39.8 Å². The molecule has 0 N–H and O–H groups in total. The van der Waals surface area contributed by atoms with Crippen molar-refractivity contribution in [2.75, 3.05) is 31.1 Å². The molecule has 0 aromatic heterocycles. The first kappa shape index (κ1) is 20.6. The molecule has 0 unspecified atom stereocenters. The van der Waals surface area contributed by atoms with Gasteiger partial charge in [0.15, 0.2) is 0 Å². The van der Waals surface area contributed by atoms with E-state index in [0.29, 0.717) is 26.2 Å². The lowest BCUT2D eigenvalue weighted by molar-refractivity contribution is 0.00578. The third kappa shape index (κ3) is 3.90. The summed E-state index contributed by atoms with van der Waals surface area (Å²) >= 11 is 0. The summed E-state index contributed by atoms with van der Waals surface area (Å²) in [5, 5.41) is -0.372. The lowest BCUT2D eigenvalue weighted by Crippen LogP contribution is -2.50. The molecule has 2 heterocycles. The molecule has 2 fully saturated rings. The summed E-state index contributed by atoms with van der Waals surface area (Å²) in [7, 11) is -3.54. The van der Waals surface area contributed by atoms with Gasteiger partial charge in [0.05, 0.1) is 16.5 Å². The van der Waals surface area contributed by atoms with Gasteiger partial charge in [-0.3, -0.25) is 0 Å². The molecule has 27 heavy (non-hydrogen) atoms. The highest BCUT2D eigenvalue weighted by molar-refractivity contribution is 7.89. The molecule has 3 rings (SSSR count). The van der Waals surface area contributed by atoms with Gasteiger partial charge in [0, 0.05) is 31.9 Å². The minimum Gasteiger partial charge on any atom is -0.399 e. The average Bonchev–Trinajstić information content (AvgIpc) is 2.83. The second kappa shape index (κ2) is 7.06. The molecule has 0 radical (unpaired) electrons. The van der Waals surface area contributed by atoms with Crippen molar-refractivity contribution in [2.24, 2.45) is 0 Å². The van der Waals surface area contributed by atoms with Crippen molar-refractivity contribution in [3.05, 3.63) is 24.3 Å². The van der Waals surface area contributed by atoms with Gasteiger partial charge in [0.25, 0.3) is 0 Å². The van der Waals surface area contributed by atoms with Crippen LogP contribution in [0, 0.1) is 0 Å². The van der Waals surface area contributed by atoms with Gasteiger partial charge in [-0.05, 0) is 59.1 Å². The van der Waals surface area contributed by atoms with Crippen molar-refractivity contribution >= 4 is 28.3 Å². The van der Waals surface area contributed by atoms with Crippen LogP contribution in [0.4, 0.5) is 5.69 Å². The minimum atomic E-state index is -3.17. The van der Waals surface area contributed by atoms with Crippen molar-refractivity contribution in [3.8, 4) is 0 Å². The number of nitrogens with zero attached hydrogens (tertiary/aromatic N) is 2. The van der Waals surface area contributed by atoms with E-state index >= 15 is 0 Å². The Morgan fingerprint density at radius 2 is 1.41 bits per heavy atom. The second-order valence-corrected chi connectivity index (χ2v) is 11.1. The minimum absolute atomic E-state index is 0.353. The molecule has 0 bridgehead atoms. The summed E-state index contributed by atoms with van der Waals surface area (Å²) in [4.78, 5) is 2.22. The predicted molar refractivity (Wildman–Crippen MR) is 110 cm³/mol. The third-order valence-corrected chi connectivity index (χ3v) is 8.25. The van der Waals surface area contributed by atoms with Gasteiger partial charge in [0.2, 0.25) is 10.0 Å². The van der Waals surface area contributed by atoms with Crippen LogP contribution in [0.5, 0.6) is 0 Å². The van der Waals surface area contributed by atoms with Gasteiger partial charge in [-0.1, -0.05) is 12.1 Å². The zero-order valence-electron chi connectivity index (χ0n) is 17.2. The molecule has 0 atom stereocenters. The van der Waals surface area contributed by atoms with Gasteiger partial charge in [-0.25, -0.2) is 8.42 Å². The fourth-order valence-electron chi connectivity index (χ4n) is 3.32. The van der Waals surface area contributed by atoms with Gasteiger partial charge < -0.3 is 14.2 Å². The van der Waals surface area contributed by atoms with E-state index in [0.717, 1.165) is 11.2 Å². The molecule has 150 valence electrons. The van der Waals surface area contributed by atoms with Crippen LogP contribution in [0.3, 0.4) is 0 Å². The van der Waals surface area contributed by atoms with E-state index in [9.17, 15) is 8.42 Å². The number of hydrogen-bond acceptors (Lipinski definition) is 5. The predicted octanol–water partition coefficient (Wildman–Crippen LogP) is 1.85. The molecule has 2 aliphatic rings. The normalized spacial score (nSPS) is 23.2. The Bertz CT molecular complexity index is 753. The standard InChI is InChI=1S/C19H31BN2O4S/c1-15(2)27(23,24)22-13-11-21(12-14-22)17-9-7-16(8-10-17)20-25-18(3,4)19(5,6)26-20/h7-10,15H,11-14H2,1-6H3. The molecule has 0 spiro atoms. The molecule has 2 saturated heterocycles. The molecule has 8 heteroatoms. The molecule has 1 aromatic rings. The molecule has 0 amide bonds. The Morgan fingerprint density at radius 3 is 1.85 bits per heavy atom. The number of anilines is 1. The smallest absolute Gasteiger partial charge is 0.399 e. The molecular weight excluding hydrogens is 363 g/mol. The van der Waals surface area contributed by atoms with E-state index in [1.165, 1.54) is 0 Å². The van der Waals surface area contributed by atoms with Gasteiger partial charge >= 0.3 is 7.12 Å². The fourth-order valence-corrected chi connectivity index (χ4v) is 4.59. The zero-order chi connectivity index (χ0) is 20.0. The van der Waals surface area contributed by atoms with Crippen LogP contribution in [-0.4, -0.2) is 62.5 Å². The topological polar surface area (TPSA) is 59.1 Å². The van der Waals surface area contributed by atoms with E-state index in [4.69, 9.17) is 9.31 Å². The van der Waals surface area contributed by atoms with E-state index in [-0.39, 0.29) is 23.6 Å². The summed E-state index contributed by atoms with van der Waals surface area (Å²) in [5.41, 5.74) is 1.39. The van der Waals surface area contributed by atoms with Gasteiger partial charge in [-0.2, -0.15) is 4.31 Å². The number of benzene rings is 1. The van der Waals surface area contributed by atoms with Crippen LogP contribution in [0.2, 0.25) is 0 Å². The fraction of sp³-hybridized carbons (Fsp3) is 0.684. The summed E-state index contributed by atoms with van der Waals surface area (Å²) in [6, 6.07) is 8.20. The Morgan fingerprint density at radius 1 is 0.926 bits per heavy atom. The SMILES string of the molecule is CC(C)S(=O)(=O)N1CCN(c2ccc(B3OC(C)(C)C(C)(C)O3)cc2)CC1. The van der Waals surface area contributed by atoms with E-state index in [2.05, 4.69) is 17.0 Å². The van der Waals surface area contributed by atoms with Crippen LogP contribution in [0.15, 0.2) is 24.3 Å². The highest BCUT2D eigenvalue weighted by atomic mass is 32.2. The Kier molecular flexibility index (Phi) is 5.40. The Balaban J connectivity index is 1.64. The maximum Gasteiger partial charge on any atom is 0.494 e. The van der Waals surface area contributed by atoms with Crippen molar-refractivity contribution in [3.63, 3.8) is 0 Å². The molecule has 6 nitrogen and oxygen atoms in total. The maximum atomic E-state index is 12.3. The van der Waals surface area contributed by atoms with Crippen molar-refractivity contribution < 1.29 is 17.7 Å². The number of hydrogen-bond donors (Lipinski definition) is 0. The monoisotopic (exact) mass is 394 g/mol. The van der Waals surface area contributed by atoms with Crippen LogP contribution in [0.25, 0.3) is 0 Å². The van der Waals surface area contributed by atoms with Crippen LogP contribution >= 0.6 is 0 Å². The van der Waals surface area contributed by atoms with Crippen LogP contribution in [0.1, 0.15) is 41.5 Å². The van der Waals surface area contributed by atoms with E-state index < -0.39 is 10.0 Å². The van der Waals surface area contributed by atoms with Crippen molar-refractivity contribution in [1.82, 2.24) is 4.31 Å². The Labute approximate surface area is 164 Å². The number of piperazine rings is 1. The molecule has 2 aliphatic heterocycles. The number of rotatable bonds is 4. The van der Waals surface area contributed by atoms with Gasteiger partial charge in [-0.15, -0.1) is 0 Å². The van der Waals surface area contributed by atoms with Gasteiger partial charge in [0.1, 0.15) is 0 Å². The molecule has 1 aromatic carbocycles. The van der Waals surface area contributed by atoms with Crippen molar-refractivity contribution in [1.29, 1.82) is 0 Å². The Hall–Kier alpha value is -1.09. The first-order valence-electron chi connectivity index (χ1n) is 9.63. The molecule has 0 aliphatic carbocycles. The van der Waals surface area contributed by atoms with Crippen LogP contribution in [-0.2, 0) is 19.3 Å². The molecular formula is C19H31BN2O4S. The second-order valence-electron chi connectivity index (χ2n) is 8.66. The van der Waals surface area contributed by atoms with Crippen LogP contribution < -0.4 is 10.4 Å². The van der Waals surface area contributed by atoms with Crippen molar-refractivity contribution in [2.45, 2.75) is 58.0 Å². The lowest BCUT2D eigenvalue weighted by atomic mass is 9.79. The summed E-state index contributed by atoms with van der Waals surface area (Å²) in [6.07, 6.45) is 0. The highest BCUT2D eigenvalue weighted by Crippen LogP contribution is 2.36. The maximum absolute atomic E-state index is 12.3. The number of sulfonamides is 1. The first-order valence-corrected chi connectivity index (χ1v) is 11.1.